The number of hydrazine groups is 1. The first kappa shape index (κ1) is 12.8. The second-order valence-electron chi connectivity index (χ2n) is 4.68. The van der Waals surface area contributed by atoms with E-state index in [1.54, 1.807) is 18.4 Å². The molecule has 1 heterocycles. The normalized spacial score (nSPS) is 12.7. The van der Waals surface area contributed by atoms with Gasteiger partial charge in [0.05, 0.1) is 12.3 Å². The number of fused-ring (bicyclic) bond motifs is 1. The number of hydrogen-bond donors (Lipinski definition) is 2. The molecule has 1 unspecified atom stereocenters. The summed E-state index contributed by atoms with van der Waals surface area (Å²) >= 11 is 0. The first-order valence-corrected chi connectivity index (χ1v) is 6.45. The minimum atomic E-state index is -0.224. The maximum absolute atomic E-state index is 13.8. The van der Waals surface area contributed by atoms with Gasteiger partial charge < -0.3 is 4.42 Å². The highest BCUT2D eigenvalue weighted by Gasteiger charge is 2.16. The molecule has 0 fully saturated rings. The van der Waals surface area contributed by atoms with Crippen molar-refractivity contribution in [2.75, 3.05) is 0 Å². The molecule has 0 saturated heterocycles. The number of benzene rings is 2. The topological polar surface area (TPSA) is 51.2 Å². The van der Waals surface area contributed by atoms with Crippen LogP contribution < -0.4 is 11.3 Å². The van der Waals surface area contributed by atoms with Gasteiger partial charge in [0, 0.05) is 11.8 Å². The molecule has 20 heavy (non-hydrogen) atoms. The van der Waals surface area contributed by atoms with Crippen molar-refractivity contribution in [2.24, 2.45) is 5.84 Å². The van der Waals surface area contributed by atoms with Gasteiger partial charge in [0.15, 0.2) is 0 Å². The van der Waals surface area contributed by atoms with Crippen molar-refractivity contribution in [1.29, 1.82) is 0 Å². The molecule has 0 bridgehead atoms. The molecule has 0 aliphatic heterocycles. The zero-order valence-electron chi connectivity index (χ0n) is 10.8. The zero-order valence-corrected chi connectivity index (χ0v) is 10.8. The van der Waals surface area contributed by atoms with Crippen LogP contribution in [0.15, 0.2) is 59.2 Å². The number of hydrogen-bond acceptors (Lipinski definition) is 3. The second kappa shape index (κ2) is 5.45. The maximum Gasteiger partial charge on any atom is 0.131 e. The van der Waals surface area contributed by atoms with E-state index in [-0.39, 0.29) is 11.9 Å². The molecule has 1 atom stereocenters. The average Bonchev–Trinajstić information content (AvgIpc) is 2.99. The van der Waals surface area contributed by atoms with Gasteiger partial charge in [-0.25, -0.2) is 4.39 Å². The van der Waals surface area contributed by atoms with E-state index in [2.05, 4.69) is 5.43 Å². The van der Waals surface area contributed by atoms with Crippen molar-refractivity contribution < 1.29 is 8.81 Å². The van der Waals surface area contributed by atoms with Gasteiger partial charge in [0.2, 0.25) is 0 Å². The van der Waals surface area contributed by atoms with E-state index in [1.807, 2.05) is 30.3 Å². The standard InChI is InChI=1S/C16H15FN2O/c17-15-8-7-14(12-5-1-2-6-13(12)15)16(19-18)10-11-4-3-9-20-11/h1-9,16,19H,10,18H2. The number of rotatable bonds is 4. The van der Waals surface area contributed by atoms with Gasteiger partial charge in [-0.05, 0) is 29.1 Å². The fraction of sp³-hybridized carbons (Fsp3) is 0.125. The highest BCUT2D eigenvalue weighted by molar-refractivity contribution is 5.86. The molecule has 3 nitrogen and oxygen atoms in total. The van der Waals surface area contributed by atoms with E-state index >= 15 is 0 Å². The average molecular weight is 270 g/mol. The van der Waals surface area contributed by atoms with Crippen LogP contribution in [0.1, 0.15) is 17.4 Å². The fourth-order valence-electron chi connectivity index (χ4n) is 2.48. The van der Waals surface area contributed by atoms with Gasteiger partial charge in [-0.2, -0.15) is 0 Å². The minimum Gasteiger partial charge on any atom is -0.469 e. The predicted octanol–water partition coefficient (Wildman–Crippen LogP) is 3.32. The summed E-state index contributed by atoms with van der Waals surface area (Å²) in [6.45, 7) is 0. The van der Waals surface area contributed by atoms with E-state index in [0.717, 1.165) is 16.7 Å². The summed E-state index contributed by atoms with van der Waals surface area (Å²) in [7, 11) is 0. The van der Waals surface area contributed by atoms with Crippen LogP contribution >= 0.6 is 0 Å². The lowest BCUT2D eigenvalue weighted by Crippen LogP contribution is -2.29. The molecule has 0 saturated carbocycles. The summed E-state index contributed by atoms with van der Waals surface area (Å²) in [6, 6.07) is 14.2. The summed E-state index contributed by atoms with van der Waals surface area (Å²) in [5.41, 5.74) is 3.74. The Labute approximate surface area is 116 Å². The van der Waals surface area contributed by atoms with E-state index in [1.165, 1.54) is 6.07 Å². The first-order chi connectivity index (χ1) is 9.79. The largest absolute Gasteiger partial charge is 0.469 e. The summed E-state index contributed by atoms with van der Waals surface area (Å²) in [5.74, 6) is 6.28. The molecular weight excluding hydrogens is 255 g/mol. The van der Waals surface area contributed by atoms with E-state index < -0.39 is 0 Å². The van der Waals surface area contributed by atoms with Crippen LogP contribution in [-0.2, 0) is 6.42 Å². The van der Waals surface area contributed by atoms with E-state index in [0.29, 0.717) is 11.8 Å². The fourth-order valence-corrected chi connectivity index (χ4v) is 2.48. The van der Waals surface area contributed by atoms with Crippen LogP contribution in [0.5, 0.6) is 0 Å². The van der Waals surface area contributed by atoms with Gasteiger partial charge in [-0.3, -0.25) is 11.3 Å². The monoisotopic (exact) mass is 270 g/mol. The van der Waals surface area contributed by atoms with E-state index in [9.17, 15) is 4.39 Å². The quantitative estimate of drug-likeness (QED) is 0.565. The molecule has 2 aromatic carbocycles. The molecule has 0 amide bonds. The number of nitrogens with one attached hydrogen (secondary N) is 1. The van der Waals surface area contributed by atoms with Crippen LogP contribution in [0.2, 0.25) is 0 Å². The summed E-state index contributed by atoms with van der Waals surface area (Å²) < 4.78 is 19.2. The minimum absolute atomic E-state index is 0.133. The third-order valence-electron chi connectivity index (χ3n) is 3.47. The Balaban J connectivity index is 2.05. The highest BCUT2D eigenvalue weighted by Crippen LogP contribution is 2.28. The van der Waals surface area contributed by atoms with Crippen LogP contribution in [0.4, 0.5) is 4.39 Å². The van der Waals surface area contributed by atoms with Gasteiger partial charge in [-0.1, -0.05) is 30.3 Å². The second-order valence-corrected chi connectivity index (χ2v) is 4.68. The van der Waals surface area contributed by atoms with Crippen LogP contribution in [-0.4, -0.2) is 0 Å². The molecule has 0 spiro atoms. The summed E-state index contributed by atoms with van der Waals surface area (Å²) in [4.78, 5) is 0. The highest BCUT2D eigenvalue weighted by atomic mass is 19.1. The third-order valence-corrected chi connectivity index (χ3v) is 3.47. The van der Waals surface area contributed by atoms with Crippen LogP contribution in [0.3, 0.4) is 0 Å². The zero-order chi connectivity index (χ0) is 13.9. The molecule has 4 heteroatoms. The summed E-state index contributed by atoms with van der Waals surface area (Å²) in [6.07, 6.45) is 2.24. The molecule has 102 valence electrons. The van der Waals surface area contributed by atoms with Crippen molar-refractivity contribution in [3.8, 4) is 0 Å². The molecule has 1 aromatic heterocycles. The van der Waals surface area contributed by atoms with Gasteiger partial charge >= 0.3 is 0 Å². The number of furan rings is 1. The van der Waals surface area contributed by atoms with Crippen molar-refractivity contribution in [1.82, 2.24) is 5.43 Å². The van der Waals surface area contributed by atoms with Crippen molar-refractivity contribution >= 4 is 10.8 Å². The SMILES string of the molecule is NNC(Cc1ccco1)c1ccc(F)c2ccccc12. The van der Waals surface area contributed by atoms with Crippen molar-refractivity contribution in [3.63, 3.8) is 0 Å². The molecule has 0 aliphatic carbocycles. The van der Waals surface area contributed by atoms with Gasteiger partial charge in [0.1, 0.15) is 11.6 Å². The number of halogens is 1. The maximum atomic E-state index is 13.8. The van der Waals surface area contributed by atoms with Crippen molar-refractivity contribution in [3.05, 3.63) is 71.9 Å². The van der Waals surface area contributed by atoms with Gasteiger partial charge in [0.25, 0.3) is 0 Å². The Hall–Kier alpha value is -2.17. The molecule has 0 aliphatic rings. The molecule has 3 N–H and O–H groups in total. The van der Waals surface area contributed by atoms with E-state index in [4.69, 9.17) is 10.3 Å². The Morgan fingerprint density at radius 3 is 2.55 bits per heavy atom. The predicted molar refractivity (Wildman–Crippen MR) is 76.4 cm³/mol. The molecule has 3 aromatic rings. The Morgan fingerprint density at radius 2 is 1.85 bits per heavy atom. The Kier molecular flexibility index (Phi) is 3.50. The van der Waals surface area contributed by atoms with Crippen LogP contribution in [0, 0.1) is 5.82 Å². The van der Waals surface area contributed by atoms with Gasteiger partial charge in [-0.15, -0.1) is 0 Å². The lowest BCUT2D eigenvalue weighted by molar-refractivity contribution is 0.456. The molecular formula is C16H15FN2O. The molecule has 0 radical (unpaired) electrons. The Morgan fingerprint density at radius 1 is 1.05 bits per heavy atom. The summed E-state index contributed by atoms with van der Waals surface area (Å²) in [5, 5.41) is 1.46. The number of nitrogens with two attached hydrogens (primary N) is 1. The smallest absolute Gasteiger partial charge is 0.131 e. The molecule has 3 rings (SSSR count). The van der Waals surface area contributed by atoms with Crippen LogP contribution in [0.25, 0.3) is 10.8 Å². The third kappa shape index (κ3) is 2.31. The Bertz CT molecular complexity index is 710. The lowest BCUT2D eigenvalue weighted by Gasteiger charge is -2.17. The first-order valence-electron chi connectivity index (χ1n) is 6.45. The lowest BCUT2D eigenvalue weighted by atomic mass is 9.96. The van der Waals surface area contributed by atoms with Crippen molar-refractivity contribution in [2.45, 2.75) is 12.5 Å².